The minimum Gasteiger partial charge on any atom is -0.394 e. The number of hydrogen-bond acceptors (Lipinski definition) is 3. The van der Waals surface area contributed by atoms with Gasteiger partial charge in [0.25, 0.3) is 0 Å². The molecule has 0 aliphatic rings. The summed E-state index contributed by atoms with van der Waals surface area (Å²) in [6, 6.07) is 7.15. The minimum absolute atomic E-state index is 0.0767. The van der Waals surface area contributed by atoms with Gasteiger partial charge in [0.05, 0.1) is 12.7 Å². The molecule has 0 bridgehead atoms. The molecule has 1 atom stereocenters. The summed E-state index contributed by atoms with van der Waals surface area (Å²) in [6.07, 6.45) is 1.06. The average Bonchev–Trinajstić information content (AvgIpc) is 2.41. The van der Waals surface area contributed by atoms with Gasteiger partial charge in [-0.1, -0.05) is 37.6 Å². The van der Waals surface area contributed by atoms with Gasteiger partial charge in [-0.2, -0.15) is 0 Å². The first kappa shape index (κ1) is 15.4. The average molecular weight is 272 g/mol. The van der Waals surface area contributed by atoms with E-state index in [0.29, 0.717) is 11.6 Å². The molecular weight excluding hydrogens is 250 g/mol. The van der Waals surface area contributed by atoms with Crippen molar-refractivity contribution >= 4 is 11.6 Å². The molecular formula is C14H22ClNO2. The van der Waals surface area contributed by atoms with Crippen LogP contribution in [0.1, 0.15) is 38.4 Å². The molecule has 0 heterocycles. The zero-order valence-electron chi connectivity index (χ0n) is 11.0. The predicted molar refractivity (Wildman–Crippen MR) is 74.8 cm³/mol. The fraction of sp³-hybridized carbons (Fsp3) is 0.571. The van der Waals surface area contributed by atoms with E-state index in [-0.39, 0.29) is 12.1 Å². The number of hydrogen-bond donors (Lipinski definition) is 3. The summed E-state index contributed by atoms with van der Waals surface area (Å²) >= 11 is 5.80. The van der Waals surface area contributed by atoms with E-state index in [4.69, 9.17) is 11.6 Å². The summed E-state index contributed by atoms with van der Waals surface area (Å²) in [7, 11) is 0. The third-order valence-electron chi connectivity index (χ3n) is 3.58. The molecule has 0 fully saturated rings. The Hall–Kier alpha value is -0.610. The Morgan fingerprint density at radius 3 is 2.22 bits per heavy atom. The second-order valence-corrected chi connectivity index (χ2v) is 5.03. The topological polar surface area (TPSA) is 52.5 Å². The molecule has 102 valence electrons. The van der Waals surface area contributed by atoms with Crippen LogP contribution in [0.25, 0.3) is 0 Å². The van der Waals surface area contributed by atoms with Gasteiger partial charge in [-0.05, 0) is 30.5 Å². The zero-order chi connectivity index (χ0) is 13.6. The summed E-state index contributed by atoms with van der Waals surface area (Å²) < 4.78 is 0. The first-order valence-corrected chi connectivity index (χ1v) is 6.74. The number of rotatable bonds is 7. The van der Waals surface area contributed by atoms with Crippen molar-refractivity contribution in [3.63, 3.8) is 0 Å². The van der Waals surface area contributed by atoms with Crippen LogP contribution in [0.2, 0.25) is 5.02 Å². The van der Waals surface area contributed by atoms with Crippen LogP contribution >= 0.6 is 11.6 Å². The molecule has 1 aromatic carbocycles. The molecule has 3 nitrogen and oxygen atoms in total. The van der Waals surface area contributed by atoms with Crippen LogP contribution in [0.15, 0.2) is 24.3 Å². The number of β-amino-alcohol motifs (C(OH)–C–C–N with tert-alkyl or cyclic N) is 1. The quantitative estimate of drug-likeness (QED) is 0.714. The Bertz CT molecular complexity index is 341. The van der Waals surface area contributed by atoms with Crippen molar-refractivity contribution in [3.05, 3.63) is 34.9 Å². The highest BCUT2D eigenvalue weighted by atomic mass is 35.5. The summed E-state index contributed by atoms with van der Waals surface area (Å²) in [5, 5.41) is 23.4. The van der Waals surface area contributed by atoms with Gasteiger partial charge >= 0.3 is 0 Å². The van der Waals surface area contributed by atoms with Gasteiger partial charge in [0, 0.05) is 17.1 Å². The molecule has 0 aliphatic heterocycles. The summed E-state index contributed by atoms with van der Waals surface area (Å²) in [6.45, 7) is 4.56. The Morgan fingerprint density at radius 2 is 1.78 bits per heavy atom. The SMILES string of the molecule is CCC(CC)(CO)NCC(O)c1ccc(Cl)cc1. The summed E-state index contributed by atoms with van der Waals surface area (Å²) in [4.78, 5) is 0. The van der Waals surface area contributed by atoms with Crippen LogP contribution in [0.4, 0.5) is 0 Å². The van der Waals surface area contributed by atoms with Crippen molar-refractivity contribution in [2.75, 3.05) is 13.2 Å². The van der Waals surface area contributed by atoms with E-state index in [1.807, 2.05) is 26.0 Å². The minimum atomic E-state index is -0.591. The van der Waals surface area contributed by atoms with Gasteiger partial charge < -0.3 is 15.5 Å². The Balaban J connectivity index is 2.59. The fourth-order valence-corrected chi connectivity index (χ4v) is 2.02. The van der Waals surface area contributed by atoms with Gasteiger partial charge in [-0.25, -0.2) is 0 Å². The van der Waals surface area contributed by atoms with E-state index in [1.54, 1.807) is 12.1 Å². The summed E-state index contributed by atoms with van der Waals surface area (Å²) in [5.41, 5.74) is 0.527. The highest BCUT2D eigenvalue weighted by Gasteiger charge is 2.25. The monoisotopic (exact) mass is 271 g/mol. The van der Waals surface area contributed by atoms with Crippen molar-refractivity contribution in [1.82, 2.24) is 5.32 Å². The zero-order valence-corrected chi connectivity index (χ0v) is 11.7. The maximum absolute atomic E-state index is 10.1. The molecule has 18 heavy (non-hydrogen) atoms. The molecule has 0 aromatic heterocycles. The van der Waals surface area contributed by atoms with Crippen LogP contribution in [-0.4, -0.2) is 28.9 Å². The molecule has 3 N–H and O–H groups in total. The summed E-state index contributed by atoms with van der Waals surface area (Å²) in [5.74, 6) is 0. The van der Waals surface area contributed by atoms with Crippen molar-refractivity contribution in [1.29, 1.82) is 0 Å². The molecule has 1 rings (SSSR count). The molecule has 0 spiro atoms. The van der Waals surface area contributed by atoms with Crippen LogP contribution in [0, 0.1) is 0 Å². The van der Waals surface area contributed by atoms with Crippen LogP contribution < -0.4 is 5.32 Å². The molecule has 0 amide bonds. The predicted octanol–water partition coefficient (Wildman–Crippen LogP) is 2.51. The van der Waals surface area contributed by atoms with Gasteiger partial charge in [0.15, 0.2) is 0 Å². The number of benzene rings is 1. The standard InChI is InChI=1S/C14H22ClNO2/c1-3-14(4-2,10-17)16-9-13(18)11-5-7-12(15)8-6-11/h5-8,13,16-18H,3-4,9-10H2,1-2H3. The largest absolute Gasteiger partial charge is 0.394 e. The third-order valence-corrected chi connectivity index (χ3v) is 3.83. The maximum atomic E-state index is 10.1. The molecule has 0 saturated carbocycles. The molecule has 4 heteroatoms. The smallest absolute Gasteiger partial charge is 0.0914 e. The lowest BCUT2D eigenvalue weighted by Gasteiger charge is -2.32. The van der Waals surface area contributed by atoms with Crippen molar-refractivity contribution < 1.29 is 10.2 Å². The first-order chi connectivity index (χ1) is 8.56. The van der Waals surface area contributed by atoms with Crippen LogP contribution in [0.5, 0.6) is 0 Å². The van der Waals surface area contributed by atoms with E-state index in [2.05, 4.69) is 5.32 Å². The number of nitrogens with one attached hydrogen (secondary N) is 1. The van der Waals surface area contributed by atoms with Crippen molar-refractivity contribution in [2.45, 2.75) is 38.3 Å². The Kier molecular flexibility index (Phi) is 6.09. The molecule has 0 aliphatic carbocycles. The third kappa shape index (κ3) is 3.95. The fourth-order valence-electron chi connectivity index (χ4n) is 1.90. The van der Waals surface area contributed by atoms with Crippen LogP contribution in [-0.2, 0) is 0 Å². The molecule has 0 saturated heterocycles. The number of halogens is 1. The lowest BCUT2D eigenvalue weighted by atomic mass is 9.93. The van der Waals surface area contributed by atoms with E-state index in [1.165, 1.54) is 0 Å². The highest BCUT2D eigenvalue weighted by molar-refractivity contribution is 6.30. The van der Waals surface area contributed by atoms with E-state index < -0.39 is 6.10 Å². The van der Waals surface area contributed by atoms with Crippen molar-refractivity contribution in [3.8, 4) is 0 Å². The Labute approximate surface area is 114 Å². The van der Waals surface area contributed by atoms with Gasteiger partial charge in [-0.15, -0.1) is 0 Å². The normalized spacial score (nSPS) is 13.6. The second-order valence-electron chi connectivity index (χ2n) is 4.59. The van der Waals surface area contributed by atoms with Crippen molar-refractivity contribution in [2.24, 2.45) is 0 Å². The van der Waals surface area contributed by atoms with E-state index in [0.717, 1.165) is 18.4 Å². The maximum Gasteiger partial charge on any atom is 0.0914 e. The molecule has 0 radical (unpaired) electrons. The number of aliphatic hydroxyl groups excluding tert-OH is 2. The van der Waals surface area contributed by atoms with Gasteiger partial charge in [-0.3, -0.25) is 0 Å². The van der Waals surface area contributed by atoms with E-state index in [9.17, 15) is 10.2 Å². The van der Waals surface area contributed by atoms with Gasteiger partial charge in [0.2, 0.25) is 0 Å². The molecule has 1 aromatic rings. The lowest BCUT2D eigenvalue weighted by molar-refractivity contribution is 0.114. The molecule has 1 unspecified atom stereocenters. The first-order valence-electron chi connectivity index (χ1n) is 6.36. The van der Waals surface area contributed by atoms with E-state index >= 15 is 0 Å². The lowest BCUT2D eigenvalue weighted by Crippen LogP contribution is -2.49. The Morgan fingerprint density at radius 1 is 1.22 bits per heavy atom. The van der Waals surface area contributed by atoms with Crippen LogP contribution in [0.3, 0.4) is 0 Å². The second kappa shape index (κ2) is 7.10. The number of aliphatic hydroxyl groups is 2. The van der Waals surface area contributed by atoms with Gasteiger partial charge in [0.1, 0.15) is 0 Å². The highest BCUT2D eigenvalue weighted by Crippen LogP contribution is 2.19.